The van der Waals surface area contributed by atoms with Crippen LogP contribution in [0.1, 0.15) is 19.4 Å². The van der Waals surface area contributed by atoms with Crippen LogP contribution in [-0.4, -0.2) is 26.8 Å². The zero-order valence-electron chi connectivity index (χ0n) is 10.7. The van der Waals surface area contributed by atoms with E-state index in [4.69, 9.17) is 21.1 Å². The fraction of sp³-hybridized carbons (Fsp3) is 0.538. The van der Waals surface area contributed by atoms with Crippen LogP contribution in [0.25, 0.3) is 0 Å². The second-order valence-corrected chi connectivity index (χ2v) is 4.02. The van der Waals surface area contributed by atoms with E-state index in [-0.39, 0.29) is 0 Å². The van der Waals surface area contributed by atoms with Crippen LogP contribution in [0.2, 0.25) is 5.02 Å². The minimum Gasteiger partial charge on any atom is -0.490 e. The van der Waals surface area contributed by atoms with Crippen molar-refractivity contribution in [2.75, 3.05) is 26.8 Å². The standard InChI is InChI=1S/C13H20ClNO2/c1-4-16-12-8-10(6-7-15-3)11(14)9-13(12)17-5-2/h8-9,15H,4-7H2,1-3H3. The van der Waals surface area contributed by atoms with Gasteiger partial charge in [-0.3, -0.25) is 0 Å². The van der Waals surface area contributed by atoms with Crippen LogP contribution in [0.5, 0.6) is 11.5 Å². The Hall–Kier alpha value is -0.930. The molecule has 0 spiro atoms. The molecule has 0 amide bonds. The molecule has 96 valence electrons. The number of benzene rings is 1. The Morgan fingerprint density at radius 2 is 1.71 bits per heavy atom. The molecule has 1 N–H and O–H groups in total. The van der Waals surface area contributed by atoms with Gasteiger partial charge in [-0.25, -0.2) is 0 Å². The van der Waals surface area contributed by atoms with E-state index in [2.05, 4.69) is 5.32 Å². The van der Waals surface area contributed by atoms with Crippen molar-refractivity contribution in [2.45, 2.75) is 20.3 Å². The van der Waals surface area contributed by atoms with Crippen molar-refractivity contribution >= 4 is 11.6 Å². The number of halogens is 1. The third-order valence-electron chi connectivity index (χ3n) is 2.36. The normalized spacial score (nSPS) is 10.4. The van der Waals surface area contributed by atoms with E-state index in [1.807, 2.05) is 33.0 Å². The number of nitrogens with one attached hydrogen (secondary N) is 1. The van der Waals surface area contributed by atoms with Gasteiger partial charge in [0.25, 0.3) is 0 Å². The van der Waals surface area contributed by atoms with Crippen molar-refractivity contribution < 1.29 is 9.47 Å². The molecule has 17 heavy (non-hydrogen) atoms. The number of hydrogen-bond acceptors (Lipinski definition) is 3. The summed E-state index contributed by atoms with van der Waals surface area (Å²) < 4.78 is 11.1. The van der Waals surface area contributed by atoms with E-state index in [0.717, 1.165) is 29.3 Å². The Morgan fingerprint density at radius 1 is 1.12 bits per heavy atom. The fourth-order valence-corrected chi connectivity index (χ4v) is 1.81. The summed E-state index contributed by atoms with van der Waals surface area (Å²) >= 11 is 6.21. The Kier molecular flexibility index (Phi) is 6.16. The van der Waals surface area contributed by atoms with Crippen molar-refractivity contribution in [3.63, 3.8) is 0 Å². The molecule has 0 saturated carbocycles. The van der Waals surface area contributed by atoms with E-state index < -0.39 is 0 Å². The van der Waals surface area contributed by atoms with Crippen molar-refractivity contribution in [3.05, 3.63) is 22.7 Å². The lowest BCUT2D eigenvalue weighted by Crippen LogP contribution is -2.11. The predicted octanol–water partition coefficient (Wildman–Crippen LogP) is 2.90. The van der Waals surface area contributed by atoms with Crippen LogP contribution in [0, 0.1) is 0 Å². The molecule has 0 atom stereocenters. The molecule has 0 aliphatic carbocycles. The molecule has 0 bridgehead atoms. The molecule has 0 fully saturated rings. The molecule has 1 aromatic rings. The summed E-state index contributed by atoms with van der Waals surface area (Å²) in [6.07, 6.45) is 0.877. The third-order valence-corrected chi connectivity index (χ3v) is 2.71. The first kappa shape index (κ1) is 14.1. The highest BCUT2D eigenvalue weighted by atomic mass is 35.5. The highest BCUT2D eigenvalue weighted by Crippen LogP contribution is 2.33. The van der Waals surface area contributed by atoms with Gasteiger partial charge in [-0.2, -0.15) is 0 Å². The number of hydrogen-bond donors (Lipinski definition) is 1. The van der Waals surface area contributed by atoms with E-state index in [1.54, 1.807) is 0 Å². The lowest BCUT2D eigenvalue weighted by molar-refractivity contribution is 0.287. The fourth-order valence-electron chi connectivity index (χ4n) is 1.57. The Morgan fingerprint density at radius 3 is 2.24 bits per heavy atom. The molecule has 0 unspecified atom stereocenters. The van der Waals surface area contributed by atoms with Gasteiger partial charge in [-0.05, 0) is 45.5 Å². The molecular formula is C13H20ClNO2. The molecule has 1 rings (SSSR count). The number of rotatable bonds is 7. The van der Waals surface area contributed by atoms with Gasteiger partial charge >= 0.3 is 0 Å². The summed E-state index contributed by atoms with van der Waals surface area (Å²) in [7, 11) is 1.92. The molecule has 3 nitrogen and oxygen atoms in total. The molecular weight excluding hydrogens is 238 g/mol. The second-order valence-electron chi connectivity index (χ2n) is 3.61. The van der Waals surface area contributed by atoms with Crippen LogP contribution in [-0.2, 0) is 6.42 Å². The molecule has 1 aromatic carbocycles. The third kappa shape index (κ3) is 4.10. The first-order valence-corrected chi connectivity index (χ1v) is 6.33. The van der Waals surface area contributed by atoms with Crippen LogP contribution in [0.3, 0.4) is 0 Å². The molecule has 0 aliphatic rings. The summed E-state index contributed by atoms with van der Waals surface area (Å²) in [4.78, 5) is 0. The van der Waals surface area contributed by atoms with Gasteiger partial charge in [0.05, 0.1) is 13.2 Å². The topological polar surface area (TPSA) is 30.5 Å². The monoisotopic (exact) mass is 257 g/mol. The summed E-state index contributed by atoms with van der Waals surface area (Å²) in [6, 6.07) is 3.80. The molecule has 0 radical (unpaired) electrons. The zero-order chi connectivity index (χ0) is 12.7. The molecule has 0 aromatic heterocycles. The molecule has 0 saturated heterocycles. The predicted molar refractivity (Wildman–Crippen MR) is 71.4 cm³/mol. The van der Waals surface area contributed by atoms with Crippen molar-refractivity contribution in [3.8, 4) is 11.5 Å². The average molecular weight is 258 g/mol. The van der Waals surface area contributed by atoms with Gasteiger partial charge < -0.3 is 14.8 Å². The van der Waals surface area contributed by atoms with E-state index in [1.165, 1.54) is 0 Å². The van der Waals surface area contributed by atoms with Crippen LogP contribution in [0.4, 0.5) is 0 Å². The first-order chi connectivity index (χ1) is 8.22. The number of likely N-dealkylation sites (N-methyl/N-ethyl adjacent to an activating group) is 1. The highest BCUT2D eigenvalue weighted by molar-refractivity contribution is 6.31. The van der Waals surface area contributed by atoms with Crippen LogP contribution < -0.4 is 14.8 Å². The lowest BCUT2D eigenvalue weighted by Gasteiger charge is -2.14. The Bertz CT molecular complexity index is 356. The maximum atomic E-state index is 6.21. The van der Waals surface area contributed by atoms with Crippen molar-refractivity contribution in [1.29, 1.82) is 0 Å². The molecule has 4 heteroatoms. The first-order valence-electron chi connectivity index (χ1n) is 5.95. The van der Waals surface area contributed by atoms with Gasteiger partial charge in [0, 0.05) is 11.1 Å². The summed E-state index contributed by atoms with van der Waals surface area (Å²) in [5, 5.41) is 3.83. The van der Waals surface area contributed by atoms with Crippen LogP contribution in [0.15, 0.2) is 12.1 Å². The van der Waals surface area contributed by atoms with Gasteiger partial charge in [0.15, 0.2) is 11.5 Å². The smallest absolute Gasteiger partial charge is 0.162 e. The average Bonchev–Trinajstić information content (AvgIpc) is 2.31. The van der Waals surface area contributed by atoms with Crippen LogP contribution >= 0.6 is 11.6 Å². The highest BCUT2D eigenvalue weighted by Gasteiger charge is 2.10. The summed E-state index contributed by atoms with van der Waals surface area (Å²) in [5.74, 6) is 1.48. The Labute approximate surface area is 108 Å². The summed E-state index contributed by atoms with van der Waals surface area (Å²) in [6.45, 7) is 6.01. The van der Waals surface area contributed by atoms with Gasteiger partial charge in [-0.1, -0.05) is 11.6 Å². The van der Waals surface area contributed by atoms with E-state index in [0.29, 0.717) is 19.0 Å². The molecule has 0 aliphatic heterocycles. The van der Waals surface area contributed by atoms with Gasteiger partial charge in [-0.15, -0.1) is 0 Å². The van der Waals surface area contributed by atoms with E-state index >= 15 is 0 Å². The minimum absolute atomic E-state index is 0.603. The largest absolute Gasteiger partial charge is 0.490 e. The minimum atomic E-state index is 0.603. The molecule has 0 heterocycles. The van der Waals surface area contributed by atoms with Crippen molar-refractivity contribution in [2.24, 2.45) is 0 Å². The maximum absolute atomic E-state index is 6.21. The van der Waals surface area contributed by atoms with Gasteiger partial charge in [0.1, 0.15) is 0 Å². The van der Waals surface area contributed by atoms with Crippen molar-refractivity contribution in [1.82, 2.24) is 5.32 Å². The maximum Gasteiger partial charge on any atom is 0.162 e. The summed E-state index contributed by atoms with van der Waals surface area (Å²) in [5.41, 5.74) is 1.08. The quantitative estimate of drug-likeness (QED) is 0.815. The number of ether oxygens (including phenoxy) is 2. The van der Waals surface area contributed by atoms with Gasteiger partial charge in [0.2, 0.25) is 0 Å². The SMILES string of the molecule is CCOc1cc(Cl)c(CCNC)cc1OCC. The zero-order valence-corrected chi connectivity index (χ0v) is 11.4. The Balaban J connectivity index is 2.96. The second kappa shape index (κ2) is 7.41. The van der Waals surface area contributed by atoms with E-state index in [9.17, 15) is 0 Å². The lowest BCUT2D eigenvalue weighted by atomic mass is 10.1.